The minimum Gasteiger partial charge on any atom is -0.300 e. The van der Waals surface area contributed by atoms with Crippen molar-refractivity contribution in [3.05, 3.63) is 34.9 Å². The number of hydrogen-bond donors (Lipinski definition) is 0. The monoisotopic (exact) mass is 242 g/mol. The molecule has 3 heteroatoms. The molecule has 2 rings (SSSR count). The largest absolute Gasteiger partial charge is 0.300 e. The molecule has 0 radical (unpaired) electrons. The van der Waals surface area contributed by atoms with Gasteiger partial charge in [0, 0.05) is 16.9 Å². The third kappa shape index (κ3) is 1.79. The van der Waals surface area contributed by atoms with Crippen molar-refractivity contribution in [3.63, 3.8) is 0 Å². The maximum atomic E-state index is 11.4. The number of alkyl halides is 1. The molecule has 1 aliphatic rings. The maximum absolute atomic E-state index is 11.4. The van der Waals surface area contributed by atoms with Gasteiger partial charge >= 0.3 is 0 Å². The number of Topliss-reactive ketones (excluding diaryl/α,β-unsaturated/α-hetero) is 1. The first-order valence-corrected chi connectivity index (χ1v) is 5.65. The lowest BCUT2D eigenvalue weighted by Crippen LogP contribution is -2.02. The van der Waals surface area contributed by atoms with Crippen LogP contribution in [0, 0.1) is 5.92 Å². The molecular formula is C12H12Cl2O. The van der Waals surface area contributed by atoms with Crippen LogP contribution in [0.15, 0.2) is 24.3 Å². The Hall–Kier alpha value is -0.530. The summed E-state index contributed by atoms with van der Waals surface area (Å²) in [7, 11) is 0. The lowest BCUT2D eigenvalue weighted by molar-refractivity contribution is -0.118. The highest BCUT2D eigenvalue weighted by atomic mass is 35.5. The molecule has 0 spiro atoms. The summed E-state index contributed by atoms with van der Waals surface area (Å²) in [4.78, 5) is 10.9. The number of hydrogen-bond acceptors (Lipinski definition) is 1. The highest BCUT2D eigenvalue weighted by molar-refractivity contribution is 6.30. The van der Waals surface area contributed by atoms with E-state index in [1.165, 1.54) is 0 Å². The molecule has 15 heavy (non-hydrogen) atoms. The second-order valence-electron chi connectivity index (χ2n) is 4.27. The van der Waals surface area contributed by atoms with Gasteiger partial charge in [-0.05, 0) is 31.5 Å². The van der Waals surface area contributed by atoms with Crippen LogP contribution in [0.5, 0.6) is 0 Å². The van der Waals surface area contributed by atoms with Gasteiger partial charge in [0.05, 0.1) is 4.87 Å². The molecule has 1 fully saturated rings. The van der Waals surface area contributed by atoms with E-state index in [2.05, 4.69) is 0 Å². The summed E-state index contributed by atoms with van der Waals surface area (Å²) in [5, 5.41) is 0.704. The van der Waals surface area contributed by atoms with E-state index < -0.39 is 4.87 Å². The van der Waals surface area contributed by atoms with Crippen molar-refractivity contribution >= 4 is 29.0 Å². The number of carbonyl (C=O) groups is 1. The van der Waals surface area contributed by atoms with E-state index in [0.717, 1.165) is 5.56 Å². The van der Waals surface area contributed by atoms with E-state index >= 15 is 0 Å². The number of carbonyl (C=O) groups excluding carboxylic acids is 1. The Balaban J connectivity index is 2.27. The van der Waals surface area contributed by atoms with E-state index in [1.54, 1.807) is 6.92 Å². The van der Waals surface area contributed by atoms with Crippen LogP contribution in [0.25, 0.3) is 0 Å². The van der Waals surface area contributed by atoms with Crippen molar-refractivity contribution in [1.82, 2.24) is 0 Å². The summed E-state index contributed by atoms with van der Waals surface area (Å²) in [6, 6.07) is 7.55. The van der Waals surface area contributed by atoms with Crippen LogP contribution in [0.1, 0.15) is 25.3 Å². The Labute approximate surface area is 99.4 Å². The van der Waals surface area contributed by atoms with Gasteiger partial charge in [-0.3, -0.25) is 4.79 Å². The van der Waals surface area contributed by atoms with Crippen molar-refractivity contribution in [2.45, 2.75) is 24.6 Å². The summed E-state index contributed by atoms with van der Waals surface area (Å²) in [6.07, 6.45) is 0. The zero-order valence-electron chi connectivity index (χ0n) is 8.63. The zero-order chi connectivity index (χ0) is 11.2. The van der Waals surface area contributed by atoms with Crippen LogP contribution < -0.4 is 0 Å². The van der Waals surface area contributed by atoms with Gasteiger partial charge in [0.25, 0.3) is 0 Å². The van der Waals surface area contributed by atoms with Gasteiger partial charge in [-0.1, -0.05) is 23.7 Å². The standard InChI is InChI=1S/C12H12Cl2O/c1-7(15)10-11(12(10,2)14)8-3-5-9(13)6-4-8/h3-6,10-11H,1-2H3. The van der Waals surface area contributed by atoms with Crippen LogP contribution in [0.4, 0.5) is 0 Å². The third-order valence-corrected chi connectivity index (χ3v) is 3.83. The average Bonchev–Trinajstić information content (AvgIpc) is 2.70. The van der Waals surface area contributed by atoms with E-state index in [4.69, 9.17) is 23.2 Å². The molecule has 0 bridgehead atoms. The van der Waals surface area contributed by atoms with Crippen LogP contribution in [-0.4, -0.2) is 10.7 Å². The summed E-state index contributed by atoms with van der Waals surface area (Å²) in [5.74, 6) is 0.238. The van der Waals surface area contributed by atoms with E-state index in [1.807, 2.05) is 31.2 Å². The molecule has 1 aromatic rings. The minimum atomic E-state index is -0.417. The molecule has 0 amide bonds. The van der Waals surface area contributed by atoms with Gasteiger partial charge < -0.3 is 0 Å². The molecule has 1 aromatic carbocycles. The molecule has 3 atom stereocenters. The van der Waals surface area contributed by atoms with Crippen LogP contribution >= 0.6 is 23.2 Å². The van der Waals surface area contributed by atoms with Crippen LogP contribution in [-0.2, 0) is 4.79 Å². The molecule has 0 N–H and O–H groups in total. The predicted molar refractivity (Wildman–Crippen MR) is 62.6 cm³/mol. The molecule has 1 aliphatic carbocycles. The normalized spacial score (nSPS) is 33.9. The molecule has 0 saturated heterocycles. The van der Waals surface area contributed by atoms with Crippen molar-refractivity contribution in [3.8, 4) is 0 Å². The number of rotatable bonds is 2. The Kier molecular flexibility index (Phi) is 2.56. The van der Waals surface area contributed by atoms with Crippen molar-refractivity contribution in [1.29, 1.82) is 0 Å². The van der Waals surface area contributed by atoms with E-state index in [0.29, 0.717) is 5.02 Å². The molecule has 0 aliphatic heterocycles. The Morgan fingerprint density at radius 2 is 1.87 bits per heavy atom. The molecule has 1 saturated carbocycles. The Morgan fingerprint density at radius 3 is 2.27 bits per heavy atom. The fourth-order valence-corrected chi connectivity index (χ4v) is 2.90. The van der Waals surface area contributed by atoms with Crippen LogP contribution in [0.2, 0.25) is 5.02 Å². The summed E-state index contributed by atoms with van der Waals surface area (Å²) < 4.78 is 0. The Bertz CT molecular complexity index is 395. The summed E-state index contributed by atoms with van der Waals surface area (Å²) >= 11 is 12.1. The molecule has 80 valence electrons. The fraction of sp³-hybridized carbons (Fsp3) is 0.417. The third-order valence-electron chi connectivity index (χ3n) is 3.11. The summed E-state index contributed by atoms with van der Waals surface area (Å²) in [5.41, 5.74) is 1.09. The second-order valence-corrected chi connectivity index (χ2v) is 5.52. The maximum Gasteiger partial charge on any atom is 0.135 e. The minimum absolute atomic E-state index is 0.0552. The van der Waals surface area contributed by atoms with Crippen molar-refractivity contribution < 1.29 is 4.79 Å². The van der Waals surface area contributed by atoms with Gasteiger partial charge in [-0.25, -0.2) is 0 Å². The molecule has 3 unspecified atom stereocenters. The lowest BCUT2D eigenvalue weighted by Gasteiger charge is -2.00. The molecule has 0 heterocycles. The molecular weight excluding hydrogens is 231 g/mol. The summed E-state index contributed by atoms with van der Waals surface area (Å²) in [6.45, 7) is 3.51. The average molecular weight is 243 g/mol. The highest BCUT2D eigenvalue weighted by Crippen LogP contribution is 2.62. The number of ketones is 1. The topological polar surface area (TPSA) is 17.1 Å². The predicted octanol–water partition coefficient (Wildman–Crippen LogP) is 3.64. The zero-order valence-corrected chi connectivity index (χ0v) is 10.1. The smallest absolute Gasteiger partial charge is 0.135 e. The number of benzene rings is 1. The van der Waals surface area contributed by atoms with Gasteiger partial charge in [0.1, 0.15) is 5.78 Å². The first-order chi connectivity index (χ1) is 6.94. The van der Waals surface area contributed by atoms with Gasteiger partial charge in [0.2, 0.25) is 0 Å². The number of halogens is 2. The Morgan fingerprint density at radius 1 is 1.33 bits per heavy atom. The first-order valence-electron chi connectivity index (χ1n) is 4.89. The highest BCUT2D eigenvalue weighted by Gasteiger charge is 2.63. The second kappa shape index (κ2) is 3.50. The fourth-order valence-electron chi connectivity index (χ4n) is 2.30. The van der Waals surface area contributed by atoms with Gasteiger partial charge in [-0.2, -0.15) is 0 Å². The molecule has 0 aromatic heterocycles. The quantitative estimate of drug-likeness (QED) is 0.724. The van der Waals surface area contributed by atoms with Crippen molar-refractivity contribution in [2.24, 2.45) is 5.92 Å². The SMILES string of the molecule is CC(=O)C1C(c2ccc(Cl)cc2)C1(C)Cl. The van der Waals surface area contributed by atoms with Gasteiger partial charge in [0.15, 0.2) is 0 Å². The van der Waals surface area contributed by atoms with Gasteiger partial charge in [-0.15, -0.1) is 11.6 Å². The molecule has 1 nitrogen and oxygen atoms in total. The van der Waals surface area contributed by atoms with E-state index in [9.17, 15) is 4.79 Å². The first kappa shape index (κ1) is 11.0. The van der Waals surface area contributed by atoms with Crippen molar-refractivity contribution in [2.75, 3.05) is 0 Å². The van der Waals surface area contributed by atoms with Crippen LogP contribution in [0.3, 0.4) is 0 Å². The van der Waals surface area contributed by atoms with E-state index in [-0.39, 0.29) is 17.6 Å². The lowest BCUT2D eigenvalue weighted by atomic mass is 10.1.